The summed E-state index contributed by atoms with van der Waals surface area (Å²) >= 11 is 0. The van der Waals surface area contributed by atoms with Crippen molar-refractivity contribution in [1.82, 2.24) is 10.3 Å². The van der Waals surface area contributed by atoms with E-state index in [0.717, 1.165) is 18.5 Å². The van der Waals surface area contributed by atoms with Gasteiger partial charge in [0.05, 0.1) is 12.8 Å². The first kappa shape index (κ1) is 14.3. The molecule has 1 amide bonds. The third kappa shape index (κ3) is 4.51. The molecule has 0 bridgehead atoms. The van der Waals surface area contributed by atoms with Crippen molar-refractivity contribution in [2.75, 3.05) is 6.54 Å². The summed E-state index contributed by atoms with van der Waals surface area (Å²) in [6.07, 6.45) is 4.36. The van der Waals surface area contributed by atoms with E-state index in [1.807, 2.05) is 18.2 Å². The molecule has 1 atom stereocenters. The van der Waals surface area contributed by atoms with Crippen LogP contribution in [0.5, 0.6) is 0 Å². The molecule has 0 aliphatic heterocycles. The minimum atomic E-state index is -0.801. The van der Waals surface area contributed by atoms with E-state index in [4.69, 9.17) is 4.42 Å². The molecule has 2 rings (SSSR count). The number of carbonyl (C=O) groups excluding carboxylic acids is 1. The molecule has 1 unspecified atom stereocenters. The summed E-state index contributed by atoms with van der Waals surface area (Å²) in [5.74, 6) is 0.380. The van der Waals surface area contributed by atoms with Crippen molar-refractivity contribution in [2.24, 2.45) is 0 Å². The van der Waals surface area contributed by atoms with Crippen LogP contribution in [-0.2, 0) is 11.2 Å². The Bertz CT molecular complexity index is 511. The zero-order chi connectivity index (χ0) is 14.2. The van der Waals surface area contributed by atoms with Crippen LogP contribution >= 0.6 is 0 Å². The summed E-state index contributed by atoms with van der Waals surface area (Å²) in [6.45, 7) is 0.163. The Hall–Kier alpha value is -2.14. The maximum Gasteiger partial charge on any atom is 0.220 e. The Labute approximate surface area is 117 Å². The normalized spacial score (nSPS) is 12.1. The average molecular weight is 274 g/mol. The molecule has 0 aliphatic rings. The van der Waals surface area contributed by atoms with Gasteiger partial charge in [0.2, 0.25) is 5.91 Å². The highest BCUT2D eigenvalue weighted by Crippen LogP contribution is 2.11. The van der Waals surface area contributed by atoms with Crippen molar-refractivity contribution < 1.29 is 14.3 Å². The van der Waals surface area contributed by atoms with Gasteiger partial charge in [-0.25, -0.2) is 0 Å². The SMILES string of the molecule is O=C(CCCc1ccccn1)NCC(O)c1ccco1. The predicted octanol–water partition coefficient (Wildman–Crippen LogP) is 1.85. The van der Waals surface area contributed by atoms with Crippen molar-refractivity contribution in [3.05, 3.63) is 54.2 Å². The van der Waals surface area contributed by atoms with E-state index in [1.54, 1.807) is 18.3 Å². The number of furan rings is 1. The van der Waals surface area contributed by atoms with Crippen LogP contribution in [0.1, 0.15) is 30.4 Å². The summed E-state index contributed by atoms with van der Waals surface area (Å²) in [6, 6.07) is 9.12. The molecule has 2 aromatic heterocycles. The molecular weight excluding hydrogens is 256 g/mol. The maximum absolute atomic E-state index is 11.6. The fourth-order valence-corrected chi connectivity index (χ4v) is 1.86. The highest BCUT2D eigenvalue weighted by molar-refractivity contribution is 5.75. The number of hydrogen-bond acceptors (Lipinski definition) is 4. The molecule has 5 heteroatoms. The van der Waals surface area contributed by atoms with E-state index in [-0.39, 0.29) is 12.5 Å². The summed E-state index contributed by atoms with van der Waals surface area (Å²) < 4.78 is 5.06. The molecule has 106 valence electrons. The van der Waals surface area contributed by atoms with Gasteiger partial charge in [-0.2, -0.15) is 0 Å². The number of nitrogens with zero attached hydrogens (tertiary/aromatic N) is 1. The van der Waals surface area contributed by atoms with Gasteiger partial charge in [0.1, 0.15) is 11.9 Å². The van der Waals surface area contributed by atoms with Crippen LogP contribution in [-0.4, -0.2) is 22.5 Å². The lowest BCUT2D eigenvalue weighted by atomic mass is 10.1. The van der Waals surface area contributed by atoms with Crippen molar-refractivity contribution in [3.63, 3.8) is 0 Å². The number of nitrogens with one attached hydrogen (secondary N) is 1. The molecule has 2 heterocycles. The van der Waals surface area contributed by atoms with Gasteiger partial charge in [0.15, 0.2) is 0 Å². The number of carbonyl (C=O) groups is 1. The first-order chi connectivity index (χ1) is 9.75. The smallest absolute Gasteiger partial charge is 0.220 e. The quantitative estimate of drug-likeness (QED) is 0.808. The molecule has 0 saturated heterocycles. The number of rotatable bonds is 7. The Morgan fingerprint density at radius 2 is 2.25 bits per heavy atom. The van der Waals surface area contributed by atoms with Crippen molar-refractivity contribution in [1.29, 1.82) is 0 Å². The van der Waals surface area contributed by atoms with E-state index in [9.17, 15) is 9.90 Å². The molecule has 0 aliphatic carbocycles. The van der Waals surface area contributed by atoms with Gasteiger partial charge in [-0.3, -0.25) is 9.78 Å². The second-order valence-electron chi connectivity index (χ2n) is 4.51. The molecule has 2 aromatic rings. The van der Waals surface area contributed by atoms with Crippen molar-refractivity contribution >= 4 is 5.91 Å². The second-order valence-corrected chi connectivity index (χ2v) is 4.51. The number of aryl methyl sites for hydroxylation is 1. The second kappa shape index (κ2) is 7.45. The molecule has 0 fully saturated rings. The van der Waals surface area contributed by atoms with Crippen molar-refractivity contribution in [2.45, 2.75) is 25.4 Å². The molecule has 5 nitrogen and oxygen atoms in total. The maximum atomic E-state index is 11.6. The van der Waals surface area contributed by atoms with Gasteiger partial charge in [0.25, 0.3) is 0 Å². The minimum absolute atomic E-state index is 0.0773. The molecule has 0 spiro atoms. The topological polar surface area (TPSA) is 75.4 Å². The lowest BCUT2D eigenvalue weighted by Crippen LogP contribution is -2.28. The number of aliphatic hydroxyl groups is 1. The van der Waals surface area contributed by atoms with E-state index in [0.29, 0.717) is 12.2 Å². The van der Waals surface area contributed by atoms with Gasteiger partial charge in [-0.15, -0.1) is 0 Å². The fourth-order valence-electron chi connectivity index (χ4n) is 1.86. The Morgan fingerprint density at radius 1 is 1.35 bits per heavy atom. The first-order valence-electron chi connectivity index (χ1n) is 6.64. The molecule has 0 aromatic carbocycles. The monoisotopic (exact) mass is 274 g/mol. The summed E-state index contributed by atoms with van der Waals surface area (Å²) in [4.78, 5) is 15.8. The molecular formula is C15H18N2O3. The number of hydrogen-bond donors (Lipinski definition) is 2. The predicted molar refractivity (Wildman–Crippen MR) is 73.9 cm³/mol. The lowest BCUT2D eigenvalue weighted by Gasteiger charge is -2.09. The summed E-state index contributed by atoms with van der Waals surface area (Å²) in [5.41, 5.74) is 0.982. The van der Waals surface area contributed by atoms with E-state index >= 15 is 0 Å². The van der Waals surface area contributed by atoms with Crippen LogP contribution < -0.4 is 5.32 Å². The Kier molecular flexibility index (Phi) is 5.32. The highest BCUT2D eigenvalue weighted by Gasteiger charge is 2.11. The standard InChI is InChI=1S/C15H18N2O3/c18-13(14-7-4-10-20-14)11-17-15(19)8-3-6-12-5-1-2-9-16-12/h1-2,4-5,7,9-10,13,18H,3,6,8,11H2,(H,17,19). The van der Waals surface area contributed by atoms with Crippen LogP contribution in [0.25, 0.3) is 0 Å². The third-order valence-electron chi connectivity index (χ3n) is 2.93. The molecule has 2 N–H and O–H groups in total. The Morgan fingerprint density at radius 3 is 2.95 bits per heavy atom. The fraction of sp³-hybridized carbons (Fsp3) is 0.333. The van der Waals surface area contributed by atoms with Gasteiger partial charge < -0.3 is 14.8 Å². The lowest BCUT2D eigenvalue weighted by molar-refractivity contribution is -0.121. The number of aromatic nitrogens is 1. The molecule has 0 saturated carbocycles. The largest absolute Gasteiger partial charge is 0.467 e. The third-order valence-corrected chi connectivity index (χ3v) is 2.93. The number of pyridine rings is 1. The van der Waals surface area contributed by atoms with Gasteiger partial charge in [0, 0.05) is 18.3 Å². The minimum Gasteiger partial charge on any atom is -0.467 e. The molecule has 20 heavy (non-hydrogen) atoms. The van der Waals surface area contributed by atoms with Gasteiger partial charge >= 0.3 is 0 Å². The van der Waals surface area contributed by atoms with Gasteiger partial charge in [-0.05, 0) is 37.1 Å². The molecule has 0 radical (unpaired) electrons. The number of aliphatic hydroxyl groups excluding tert-OH is 1. The van der Waals surface area contributed by atoms with Crippen LogP contribution in [0.15, 0.2) is 47.2 Å². The van der Waals surface area contributed by atoms with Crippen molar-refractivity contribution in [3.8, 4) is 0 Å². The van der Waals surface area contributed by atoms with Crippen LogP contribution in [0.3, 0.4) is 0 Å². The highest BCUT2D eigenvalue weighted by atomic mass is 16.4. The van der Waals surface area contributed by atoms with Crippen LogP contribution in [0.4, 0.5) is 0 Å². The number of amides is 1. The van der Waals surface area contributed by atoms with Crippen LogP contribution in [0, 0.1) is 0 Å². The summed E-state index contributed by atoms with van der Waals surface area (Å²) in [5, 5.41) is 12.4. The van der Waals surface area contributed by atoms with Gasteiger partial charge in [-0.1, -0.05) is 6.07 Å². The zero-order valence-electron chi connectivity index (χ0n) is 11.2. The first-order valence-corrected chi connectivity index (χ1v) is 6.64. The van der Waals surface area contributed by atoms with Crippen LogP contribution in [0.2, 0.25) is 0 Å². The average Bonchev–Trinajstić information content (AvgIpc) is 3.00. The van der Waals surface area contributed by atoms with E-state index in [1.165, 1.54) is 6.26 Å². The summed E-state index contributed by atoms with van der Waals surface area (Å²) in [7, 11) is 0. The van der Waals surface area contributed by atoms with E-state index in [2.05, 4.69) is 10.3 Å². The zero-order valence-corrected chi connectivity index (χ0v) is 11.2. The van der Waals surface area contributed by atoms with E-state index < -0.39 is 6.10 Å². The Balaban J connectivity index is 1.63.